The van der Waals surface area contributed by atoms with Gasteiger partial charge in [0.15, 0.2) is 0 Å². The molecule has 1 amide bonds. The van der Waals surface area contributed by atoms with Crippen molar-refractivity contribution in [3.8, 4) is 5.75 Å². The fraction of sp³-hybridized carbons (Fsp3) is 0.533. The molecule has 0 heterocycles. The summed E-state index contributed by atoms with van der Waals surface area (Å²) in [7, 11) is 1.66. The Labute approximate surface area is 119 Å². The highest BCUT2D eigenvalue weighted by molar-refractivity contribution is 7.99. The van der Waals surface area contributed by atoms with Crippen molar-refractivity contribution < 1.29 is 9.53 Å². The molecule has 0 bridgehead atoms. The quantitative estimate of drug-likeness (QED) is 0.870. The van der Waals surface area contributed by atoms with Gasteiger partial charge >= 0.3 is 0 Å². The van der Waals surface area contributed by atoms with Gasteiger partial charge in [-0.2, -0.15) is 0 Å². The van der Waals surface area contributed by atoms with Crippen LogP contribution in [0.4, 0.5) is 0 Å². The molecule has 0 radical (unpaired) electrons. The fourth-order valence-electron chi connectivity index (χ4n) is 2.32. The first-order valence-corrected chi connectivity index (χ1v) is 7.93. The van der Waals surface area contributed by atoms with Crippen molar-refractivity contribution in [2.75, 3.05) is 12.9 Å². The molecule has 4 heteroatoms. The van der Waals surface area contributed by atoms with Gasteiger partial charge in [0.1, 0.15) is 5.75 Å². The van der Waals surface area contributed by atoms with E-state index in [2.05, 4.69) is 5.32 Å². The van der Waals surface area contributed by atoms with Gasteiger partial charge in [-0.3, -0.25) is 4.79 Å². The van der Waals surface area contributed by atoms with Gasteiger partial charge in [0, 0.05) is 11.8 Å². The maximum absolute atomic E-state index is 11.7. The van der Waals surface area contributed by atoms with Crippen molar-refractivity contribution in [2.45, 2.75) is 37.5 Å². The third-order valence-electron chi connectivity index (χ3n) is 3.38. The van der Waals surface area contributed by atoms with E-state index in [1.54, 1.807) is 18.9 Å². The summed E-state index contributed by atoms with van der Waals surface area (Å²) >= 11 is 1.66. The van der Waals surface area contributed by atoms with Gasteiger partial charge in [0.25, 0.3) is 0 Å². The molecule has 0 aromatic heterocycles. The lowest BCUT2D eigenvalue weighted by Gasteiger charge is -2.11. The standard InChI is InChI=1S/C15H21NO2S/c1-18-14-8-6-12(7-9-14)10-19-11-15(17)16-13-4-2-3-5-13/h6-9,13H,2-5,10-11H2,1H3,(H,16,17). The van der Waals surface area contributed by atoms with Crippen molar-refractivity contribution in [1.29, 1.82) is 0 Å². The zero-order valence-electron chi connectivity index (χ0n) is 11.4. The maximum atomic E-state index is 11.7. The molecule has 1 fully saturated rings. The van der Waals surface area contributed by atoms with Crippen LogP contribution in [0, 0.1) is 0 Å². The molecule has 3 nitrogen and oxygen atoms in total. The molecule has 1 aromatic carbocycles. The van der Waals surface area contributed by atoms with Gasteiger partial charge in [0.05, 0.1) is 12.9 Å². The first-order chi connectivity index (χ1) is 9.28. The normalized spacial score (nSPS) is 15.4. The lowest BCUT2D eigenvalue weighted by Crippen LogP contribution is -2.33. The van der Waals surface area contributed by atoms with E-state index in [1.165, 1.54) is 18.4 Å². The Hall–Kier alpha value is -1.16. The van der Waals surface area contributed by atoms with Crippen LogP contribution in [0.15, 0.2) is 24.3 Å². The molecule has 19 heavy (non-hydrogen) atoms. The molecule has 1 aliphatic rings. The number of ether oxygens (including phenoxy) is 1. The number of amides is 1. The summed E-state index contributed by atoms with van der Waals surface area (Å²) < 4.78 is 5.12. The largest absolute Gasteiger partial charge is 0.497 e. The monoisotopic (exact) mass is 279 g/mol. The van der Waals surface area contributed by atoms with E-state index >= 15 is 0 Å². The summed E-state index contributed by atoms with van der Waals surface area (Å²) in [6.07, 6.45) is 4.80. The van der Waals surface area contributed by atoms with Crippen LogP contribution in [0.25, 0.3) is 0 Å². The zero-order chi connectivity index (χ0) is 13.5. The van der Waals surface area contributed by atoms with Crippen molar-refractivity contribution >= 4 is 17.7 Å². The van der Waals surface area contributed by atoms with Crippen LogP contribution in [0.2, 0.25) is 0 Å². The van der Waals surface area contributed by atoms with Crippen LogP contribution in [0.3, 0.4) is 0 Å². The molecule has 0 saturated heterocycles. The first-order valence-electron chi connectivity index (χ1n) is 6.78. The second-order valence-corrected chi connectivity index (χ2v) is 5.88. The molecule has 104 valence electrons. The average Bonchev–Trinajstić information content (AvgIpc) is 2.92. The first kappa shape index (κ1) is 14.3. The molecule has 0 atom stereocenters. The predicted molar refractivity (Wildman–Crippen MR) is 79.6 cm³/mol. The molecule has 2 rings (SSSR count). The van der Waals surface area contributed by atoms with Crippen molar-refractivity contribution in [3.05, 3.63) is 29.8 Å². The molecule has 1 aromatic rings. The minimum Gasteiger partial charge on any atom is -0.497 e. The molecule has 0 aliphatic heterocycles. The Morgan fingerprint density at radius 1 is 1.32 bits per heavy atom. The second kappa shape index (κ2) is 7.43. The highest BCUT2D eigenvalue weighted by Gasteiger charge is 2.16. The van der Waals surface area contributed by atoms with Crippen LogP contribution in [-0.2, 0) is 10.5 Å². The average molecular weight is 279 g/mol. The summed E-state index contributed by atoms with van der Waals surface area (Å²) in [6.45, 7) is 0. The van der Waals surface area contributed by atoms with Crippen LogP contribution < -0.4 is 10.1 Å². The molecule has 0 unspecified atom stereocenters. The topological polar surface area (TPSA) is 38.3 Å². The summed E-state index contributed by atoms with van der Waals surface area (Å²) in [5.74, 6) is 2.45. The van der Waals surface area contributed by atoms with Crippen molar-refractivity contribution in [2.24, 2.45) is 0 Å². The van der Waals surface area contributed by atoms with E-state index in [0.29, 0.717) is 11.8 Å². The van der Waals surface area contributed by atoms with E-state index in [0.717, 1.165) is 24.3 Å². The van der Waals surface area contributed by atoms with Gasteiger partial charge in [0.2, 0.25) is 5.91 Å². The van der Waals surface area contributed by atoms with Crippen molar-refractivity contribution in [3.63, 3.8) is 0 Å². The highest BCUT2D eigenvalue weighted by Crippen LogP contribution is 2.19. The number of thioether (sulfide) groups is 1. The minimum absolute atomic E-state index is 0.172. The van der Waals surface area contributed by atoms with Crippen LogP contribution in [-0.4, -0.2) is 24.8 Å². The molecule has 1 saturated carbocycles. The minimum atomic E-state index is 0.172. The zero-order valence-corrected chi connectivity index (χ0v) is 12.2. The smallest absolute Gasteiger partial charge is 0.230 e. The van der Waals surface area contributed by atoms with Crippen LogP contribution >= 0.6 is 11.8 Å². The van der Waals surface area contributed by atoms with Gasteiger partial charge in [-0.15, -0.1) is 11.8 Å². The number of rotatable bonds is 6. The Balaban J connectivity index is 1.65. The summed E-state index contributed by atoms with van der Waals surface area (Å²) in [5, 5.41) is 3.10. The van der Waals surface area contributed by atoms with Gasteiger partial charge in [-0.05, 0) is 30.5 Å². The molecule has 0 spiro atoms. The third kappa shape index (κ3) is 4.78. The van der Waals surface area contributed by atoms with E-state index in [1.807, 2.05) is 24.3 Å². The van der Waals surface area contributed by atoms with Crippen molar-refractivity contribution in [1.82, 2.24) is 5.32 Å². The van der Waals surface area contributed by atoms with E-state index in [-0.39, 0.29) is 5.91 Å². The van der Waals surface area contributed by atoms with E-state index < -0.39 is 0 Å². The summed E-state index contributed by atoms with van der Waals surface area (Å²) in [5.41, 5.74) is 1.22. The Kier molecular flexibility index (Phi) is 5.58. The van der Waals surface area contributed by atoms with E-state index in [9.17, 15) is 4.79 Å². The number of carbonyl (C=O) groups is 1. The lowest BCUT2D eigenvalue weighted by atomic mass is 10.2. The second-order valence-electron chi connectivity index (χ2n) is 4.89. The number of nitrogens with one attached hydrogen (secondary N) is 1. The summed E-state index contributed by atoms with van der Waals surface area (Å²) in [4.78, 5) is 11.7. The number of benzene rings is 1. The number of hydrogen-bond acceptors (Lipinski definition) is 3. The lowest BCUT2D eigenvalue weighted by molar-refractivity contribution is -0.119. The van der Waals surface area contributed by atoms with Crippen LogP contribution in [0.5, 0.6) is 5.75 Å². The van der Waals surface area contributed by atoms with E-state index in [4.69, 9.17) is 4.74 Å². The SMILES string of the molecule is COc1ccc(CSCC(=O)NC2CCCC2)cc1. The molecule has 1 N–H and O–H groups in total. The van der Waals surface area contributed by atoms with Gasteiger partial charge < -0.3 is 10.1 Å². The van der Waals surface area contributed by atoms with Crippen LogP contribution in [0.1, 0.15) is 31.2 Å². The Morgan fingerprint density at radius 3 is 2.63 bits per heavy atom. The number of carbonyl (C=O) groups excluding carboxylic acids is 1. The maximum Gasteiger partial charge on any atom is 0.230 e. The molecular formula is C15H21NO2S. The third-order valence-corrected chi connectivity index (χ3v) is 4.38. The summed E-state index contributed by atoms with van der Waals surface area (Å²) in [6, 6.07) is 8.42. The van der Waals surface area contributed by atoms with Gasteiger partial charge in [-0.1, -0.05) is 25.0 Å². The number of hydrogen-bond donors (Lipinski definition) is 1. The predicted octanol–water partition coefficient (Wildman–Crippen LogP) is 2.99. The molecular weight excluding hydrogens is 258 g/mol. The Morgan fingerprint density at radius 2 is 2.00 bits per heavy atom. The highest BCUT2D eigenvalue weighted by atomic mass is 32.2. The number of methoxy groups -OCH3 is 1. The van der Waals surface area contributed by atoms with Gasteiger partial charge in [-0.25, -0.2) is 0 Å². The Bertz CT molecular complexity index is 399. The molecule has 1 aliphatic carbocycles. The fourth-order valence-corrected chi connectivity index (χ4v) is 3.12.